The van der Waals surface area contributed by atoms with Crippen molar-refractivity contribution >= 4 is 12.0 Å². The Morgan fingerprint density at radius 1 is 0.676 bits per heavy atom. The molecule has 0 aliphatic rings. The lowest BCUT2D eigenvalue weighted by atomic mass is 10.0. The molecule has 34 heavy (non-hydrogen) atoms. The Morgan fingerprint density at radius 3 is 1.76 bits per heavy atom. The molecule has 4 aromatic rings. The highest BCUT2D eigenvalue weighted by Crippen LogP contribution is 2.29. The van der Waals surface area contributed by atoms with E-state index in [0.717, 1.165) is 16.7 Å². The molecule has 0 radical (unpaired) electrons. The molecule has 0 unspecified atom stereocenters. The van der Waals surface area contributed by atoms with E-state index in [1.807, 2.05) is 109 Å². The van der Waals surface area contributed by atoms with Gasteiger partial charge in [0.1, 0.15) is 24.7 Å². The van der Waals surface area contributed by atoms with Crippen molar-refractivity contribution < 1.29 is 19.4 Å². The summed E-state index contributed by atoms with van der Waals surface area (Å²) in [5.74, 6) is 0.271. The molecule has 0 spiro atoms. The van der Waals surface area contributed by atoms with E-state index in [4.69, 9.17) is 9.47 Å². The Bertz CT molecular complexity index is 1230. The van der Waals surface area contributed by atoms with Gasteiger partial charge in [0.25, 0.3) is 0 Å². The number of hydrogen-bond donors (Lipinski definition) is 1. The van der Waals surface area contributed by atoms with Gasteiger partial charge in [-0.2, -0.15) is 0 Å². The first-order chi connectivity index (χ1) is 16.7. The SMILES string of the molecule is O=C(O)C(=Cc1ccc(OCc2ccccc2)cc1OCc1ccccc1)Cc1ccccc1. The third kappa shape index (κ3) is 6.59. The third-order valence-electron chi connectivity index (χ3n) is 5.31. The van der Waals surface area contributed by atoms with Gasteiger partial charge >= 0.3 is 5.97 Å². The minimum atomic E-state index is -0.956. The molecular weight excluding hydrogens is 424 g/mol. The summed E-state index contributed by atoms with van der Waals surface area (Å²) < 4.78 is 12.1. The van der Waals surface area contributed by atoms with Crippen molar-refractivity contribution in [3.05, 3.63) is 137 Å². The molecule has 0 aliphatic heterocycles. The van der Waals surface area contributed by atoms with Gasteiger partial charge in [-0.3, -0.25) is 0 Å². The largest absolute Gasteiger partial charge is 0.489 e. The Hall–Kier alpha value is -4.31. The maximum absolute atomic E-state index is 12.0. The fourth-order valence-electron chi connectivity index (χ4n) is 3.52. The number of carboxylic acid groups (broad SMARTS) is 1. The van der Waals surface area contributed by atoms with Crippen LogP contribution >= 0.6 is 0 Å². The monoisotopic (exact) mass is 450 g/mol. The summed E-state index contributed by atoms with van der Waals surface area (Å²) in [6, 6.07) is 34.8. The van der Waals surface area contributed by atoms with Crippen molar-refractivity contribution in [1.29, 1.82) is 0 Å². The minimum Gasteiger partial charge on any atom is -0.489 e. The Morgan fingerprint density at radius 2 is 1.21 bits per heavy atom. The summed E-state index contributed by atoms with van der Waals surface area (Å²) in [4.78, 5) is 12.0. The Kier molecular flexibility index (Phi) is 7.75. The fraction of sp³-hybridized carbons (Fsp3) is 0.100. The molecule has 0 aliphatic carbocycles. The molecule has 4 nitrogen and oxygen atoms in total. The van der Waals surface area contributed by atoms with Gasteiger partial charge in [0.15, 0.2) is 0 Å². The van der Waals surface area contributed by atoms with Gasteiger partial charge in [-0.25, -0.2) is 4.79 Å². The third-order valence-corrected chi connectivity index (χ3v) is 5.31. The predicted octanol–water partition coefficient (Wildman–Crippen LogP) is 6.56. The van der Waals surface area contributed by atoms with Crippen molar-refractivity contribution in [3.8, 4) is 11.5 Å². The molecule has 0 heterocycles. The second-order valence-corrected chi connectivity index (χ2v) is 7.89. The van der Waals surface area contributed by atoms with E-state index in [1.165, 1.54) is 0 Å². The van der Waals surface area contributed by atoms with Gasteiger partial charge in [-0.1, -0.05) is 91.0 Å². The highest BCUT2D eigenvalue weighted by molar-refractivity contribution is 5.93. The molecule has 0 saturated heterocycles. The van der Waals surface area contributed by atoms with Crippen LogP contribution in [0.4, 0.5) is 0 Å². The standard InChI is InChI=1S/C30H26O4/c31-30(32)27(18-23-10-4-1-5-11-23)19-26-16-17-28(33-21-24-12-6-2-7-13-24)20-29(26)34-22-25-14-8-3-9-15-25/h1-17,19-20H,18,21-22H2,(H,31,32). The summed E-state index contributed by atoms with van der Waals surface area (Å²) in [5, 5.41) is 9.83. The van der Waals surface area contributed by atoms with E-state index in [2.05, 4.69) is 0 Å². The van der Waals surface area contributed by atoms with Crippen molar-refractivity contribution in [2.24, 2.45) is 0 Å². The van der Waals surface area contributed by atoms with E-state index in [-0.39, 0.29) is 5.57 Å². The highest BCUT2D eigenvalue weighted by Gasteiger charge is 2.12. The van der Waals surface area contributed by atoms with Gasteiger partial charge < -0.3 is 14.6 Å². The summed E-state index contributed by atoms with van der Waals surface area (Å²) in [6.45, 7) is 0.799. The first-order valence-electron chi connectivity index (χ1n) is 11.1. The lowest BCUT2D eigenvalue weighted by molar-refractivity contribution is -0.132. The van der Waals surface area contributed by atoms with Gasteiger partial charge in [-0.15, -0.1) is 0 Å². The summed E-state index contributed by atoms with van der Waals surface area (Å²) in [6.07, 6.45) is 2.00. The highest BCUT2D eigenvalue weighted by atomic mass is 16.5. The lowest BCUT2D eigenvalue weighted by Gasteiger charge is -2.14. The fourth-order valence-corrected chi connectivity index (χ4v) is 3.52. The zero-order valence-corrected chi connectivity index (χ0v) is 18.8. The van der Waals surface area contributed by atoms with Crippen LogP contribution < -0.4 is 9.47 Å². The number of carboxylic acids is 1. The lowest BCUT2D eigenvalue weighted by Crippen LogP contribution is -2.05. The average molecular weight is 451 g/mol. The van der Waals surface area contributed by atoms with Crippen LogP contribution in [0.3, 0.4) is 0 Å². The van der Waals surface area contributed by atoms with Crippen LogP contribution in [0.1, 0.15) is 22.3 Å². The molecule has 170 valence electrons. The van der Waals surface area contributed by atoms with Crippen molar-refractivity contribution in [3.63, 3.8) is 0 Å². The van der Waals surface area contributed by atoms with E-state index in [0.29, 0.717) is 36.7 Å². The average Bonchev–Trinajstić information content (AvgIpc) is 2.88. The molecule has 0 bridgehead atoms. The second-order valence-electron chi connectivity index (χ2n) is 7.89. The molecule has 0 aromatic heterocycles. The molecule has 1 N–H and O–H groups in total. The number of carbonyl (C=O) groups is 1. The van der Waals surface area contributed by atoms with Crippen LogP contribution in [-0.2, 0) is 24.4 Å². The smallest absolute Gasteiger partial charge is 0.331 e. The molecule has 4 rings (SSSR count). The Labute approximate surface area is 199 Å². The number of ether oxygens (including phenoxy) is 2. The van der Waals surface area contributed by atoms with E-state index >= 15 is 0 Å². The molecule has 0 fully saturated rings. The van der Waals surface area contributed by atoms with Crippen molar-refractivity contribution in [1.82, 2.24) is 0 Å². The number of hydrogen-bond acceptors (Lipinski definition) is 3. The number of benzene rings is 4. The van der Waals surface area contributed by atoms with Gasteiger partial charge in [-0.05, 0) is 34.9 Å². The summed E-state index contributed by atoms with van der Waals surface area (Å²) in [5.41, 5.74) is 4.00. The normalized spacial score (nSPS) is 11.1. The summed E-state index contributed by atoms with van der Waals surface area (Å²) in [7, 11) is 0. The topological polar surface area (TPSA) is 55.8 Å². The van der Waals surface area contributed by atoms with Gasteiger partial charge in [0, 0.05) is 23.6 Å². The number of rotatable bonds is 10. The van der Waals surface area contributed by atoms with E-state index in [9.17, 15) is 9.90 Å². The van der Waals surface area contributed by atoms with Crippen LogP contribution in [0.15, 0.2) is 115 Å². The van der Waals surface area contributed by atoms with E-state index in [1.54, 1.807) is 6.08 Å². The van der Waals surface area contributed by atoms with Crippen LogP contribution in [0.5, 0.6) is 11.5 Å². The van der Waals surface area contributed by atoms with Crippen molar-refractivity contribution in [2.45, 2.75) is 19.6 Å². The molecule has 4 heteroatoms. The first kappa shape index (κ1) is 22.9. The summed E-state index contributed by atoms with van der Waals surface area (Å²) >= 11 is 0. The minimum absolute atomic E-state index is 0.286. The van der Waals surface area contributed by atoms with Crippen LogP contribution in [-0.4, -0.2) is 11.1 Å². The molecular formula is C30H26O4. The molecule has 4 aromatic carbocycles. The molecule has 0 atom stereocenters. The maximum Gasteiger partial charge on any atom is 0.331 e. The number of aliphatic carboxylic acids is 1. The predicted molar refractivity (Wildman–Crippen MR) is 134 cm³/mol. The zero-order chi connectivity index (χ0) is 23.6. The van der Waals surface area contributed by atoms with Crippen LogP contribution in [0, 0.1) is 0 Å². The molecule has 0 saturated carbocycles. The van der Waals surface area contributed by atoms with Gasteiger partial charge in [0.05, 0.1) is 0 Å². The van der Waals surface area contributed by atoms with E-state index < -0.39 is 5.97 Å². The Balaban J connectivity index is 1.60. The van der Waals surface area contributed by atoms with Crippen LogP contribution in [0.25, 0.3) is 6.08 Å². The second kappa shape index (κ2) is 11.5. The first-order valence-corrected chi connectivity index (χ1v) is 11.1. The zero-order valence-electron chi connectivity index (χ0n) is 18.8. The van der Waals surface area contributed by atoms with Crippen LogP contribution in [0.2, 0.25) is 0 Å². The van der Waals surface area contributed by atoms with Crippen molar-refractivity contribution in [2.75, 3.05) is 0 Å². The quantitative estimate of drug-likeness (QED) is 0.278. The molecule has 0 amide bonds. The van der Waals surface area contributed by atoms with Gasteiger partial charge in [0.2, 0.25) is 0 Å². The maximum atomic E-state index is 12.0.